The van der Waals surface area contributed by atoms with Crippen LogP contribution in [0.2, 0.25) is 0 Å². The number of carbonyl (C=O) groups is 1. The molecule has 0 unspecified atom stereocenters. The van der Waals surface area contributed by atoms with E-state index in [0.717, 1.165) is 43.3 Å². The molecule has 206 valence electrons. The molecule has 0 spiro atoms. The lowest BCUT2D eigenvalue weighted by atomic mass is 9.60. The molecule has 0 saturated heterocycles. The zero-order valence-corrected chi connectivity index (χ0v) is 23.0. The zero-order valence-electron chi connectivity index (χ0n) is 23.0. The van der Waals surface area contributed by atoms with Gasteiger partial charge in [0, 0.05) is 6.42 Å². The van der Waals surface area contributed by atoms with Gasteiger partial charge in [-0.1, -0.05) is 43.4 Å². The number of aliphatic hydroxyl groups is 3. The number of carbonyl (C=O) groups excluding carboxylic acids is 1. The fourth-order valence-corrected chi connectivity index (χ4v) is 7.36. The number of ether oxygens (including phenoxy) is 2. The summed E-state index contributed by atoms with van der Waals surface area (Å²) >= 11 is 0. The van der Waals surface area contributed by atoms with Gasteiger partial charge in [0.25, 0.3) is 0 Å². The summed E-state index contributed by atoms with van der Waals surface area (Å²) in [5.41, 5.74) is 2.41. The highest BCUT2D eigenvalue weighted by Crippen LogP contribution is 2.69. The Morgan fingerprint density at radius 3 is 2.62 bits per heavy atom. The van der Waals surface area contributed by atoms with Crippen molar-refractivity contribution in [2.45, 2.75) is 109 Å². The molecule has 0 aliphatic heterocycles. The lowest BCUT2D eigenvalue weighted by Gasteiger charge is -2.45. The molecular weight excluding hydrogens is 468 g/mol. The fraction of sp³-hybridized carbons (Fsp3) is 0.710. The molecule has 0 aromatic rings. The molecule has 0 aromatic heterocycles. The van der Waals surface area contributed by atoms with Crippen LogP contribution >= 0.6 is 0 Å². The molecule has 4 saturated carbocycles. The van der Waals surface area contributed by atoms with Crippen molar-refractivity contribution < 1.29 is 29.6 Å². The standard InChI is InChI=1S/C31H46O6/c1-6-36-28(35)37-29(3,4)27(34)13-15-31(16-17-31)26-12-11-24-21(8-7-14-30(24,26)5)9-10-22-18-23(32)19-25(33)20(22)2/h9-10,13,15,23-27,32-34H,2,6-8,11-12,14,16-19H2,1,3-5H3/b15-13+,21-9+,22-10-/t23-,24+,25+,26+,27+,30+/m1/s1. The van der Waals surface area contributed by atoms with Crippen molar-refractivity contribution in [1.82, 2.24) is 0 Å². The molecule has 0 radical (unpaired) electrons. The van der Waals surface area contributed by atoms with Crippen molar-refractivity contribution in [2.75, 3.05) is 6.61 Å². The van der Waals surface area contributed by atoms with Gasteiger partial charge in [-0.2, -0.15) is 0 Å². The Balaban J connectivity index is 1.48. The summed E-state index contributed by atoms with van der Waals surface area (Å²) in [5.74, 6) is 1.07. The van der Waals surface area contributed by atoms with E-state index >= 15 is 0 Å². The minimum atomic E-state index is -1.07. The van der Waals surface area contributed by atoms with Gasteiger partial charge in [0.1, 0.15) is 11.7 Å². The molecule has 37 heavy (non-hydrogen) atoms. The summed E-state index contributed by atoms with van der Waals surface area (Å²) in [6.07, 6.45) is 14.5. The van der Waals surface area contributed by atoms with Crippen LogP contribution in [0.25, 0.3) is 0 Å². The molecule has 0 bridgehead atoms. The van der Waals surface area contributed by atoms with Gasteiger partial charge < -0.3 is 24.8 Å². The van der Waals surface area contributed by atoms with Gasteiger partial charge in [-0.05, 0) is 106 Å². The average Bonchev–Trinajstić information content (AvgIpc) is 3.51. The van der Waals surface area contributed by atoms with Gasteiger partial charge in [-0.15, -0.1) is 0 Å². The Morgan fingerprint density at radius 1 is 1.22 bits per heavy atom. The molecule has 0 heterocycles. The molecule has 6 atom stereocenters. The van der Waals surface area contributed by atoms with E-state index in [1.165, 1.54) is 18.4 Å². The SMILES string of the molecule is C=C1/C(=C\C=C2/CCC[C@]3(C)[C@@H](C4(/C=C/[C@H](O)C(C)(C)OC(=O)OCC)CC4)CC[C@@H]23)C[C@@H](O)C[C@@H]1O. The number of rotatable bonds is 7. The highest BCUT2D eigenvalue weighted by molar-refractivity contribution is 5.60. The summed E-state index contributed by atoms with van der Waals surface area (Å²) in [6, 6.07) is 0. The lowest BCUT2D eigenvalue weighted by Crippen LogP contribution is -2.40. The maximum Gasteiger partial charge on any atom is 0.508 e. The van der Waals surface area contributed by atoms with Gasteiger partial charge >= 0.3 is 6.16 Å². The molecule has 4 rings (SSSR count). The van der Waals surface area contributed by atoms with Crippen molar-refractivity contribution >= 4 is 6.16 Å². The van der Waals surface area contributed by atoms with Gasteiger partial charge in [-0.3, -0.25) is 0 Å². The van der Waals surface area contributed by atoms with E-state index in [1.54, 1.807) is 20.8 Å². The number of hydrogen-bond acceptors (Lipinski definition) is 6. The zero-order chi connectivity index (χ0) is 27.0. The van der Waals surface area contributed by atoms with Crippen molar-refractivity contribution in [1.29, 1.82) is 0 Å². The first-order valence-corrected chi connectivity index (χ1v) is 14.1. The number of allylic oxidation sites excluding steroid dienone is 4. The highest BCUT2D eigenvalue weighted by atomic mass is 16.7. The van der Waals surface area contributed by atoms with Crippen molar-refractivity contribution in [3.05, 3.63) is 47.6 Å². The molecule has 6 heteroatoms. The van der Waals surface area contributed by atoms with Gasteiger partial charge in [-0.25, -0.2) is 4.79 Å². The Labute approximate surface area is 222 Å². The third kappa shape index (κ3) is 5.76. The smallest absolute Gasteiger partial charge is 0.435 e. The van der Waals surface area contributed by atoms with E-state index < -0.39 is 30.1 Å². The van der Waals surface area contributed by atoms with E-state index in [-0.39, 0.29) is 17.4 Å². The summed E-state index contributed by atoms with van der Waals surface area (Å²) in [4.78, 5) is 11.8. The summed E-state index contributed by atoms with van der Waals surface area (Å²) in [7, 11) is 0. The van der Waals surface area contributed by atoms with Gasteiger partial charge in [0.05, 0.1) is 18.8 Å². The first-order valence-electron chi connectivity index (χ1n) is 14.1. The van der Waals surface area contributed by atoms with Crippen molar-refractivity contribution in [3.63, 3.8) is 0 Å². The minimum absolute atomic E-state index is 0.0945. The molecule has 4 aliphatic rings. The summed E-state index contributed by atoms with van der Waals surface area (Å²) in [6.45, 7) is 11.9. The van der Waals surface area contributed by atoms with E-state index in [2.05, 4.69) is 31.7 Å². The predicted octanol–water partition coefficient (Wildman–Crippen LogP) is 5.78. The Bertz CT molecular complexity index is 970. The molecule has 4 fully saturated rings. The largest absolute Gasteiger partial charge is 0.508 e. The minimum Gasteiger partial charge on any atom is -0.435 e. The van der Waals surface area contributed by atoms with Gasteiger partial charge in [0.2, 0.25) is 0 Å². The van der Waals surface area contributed by atoms with E-state index in [1.807, 2.05) is 6.08 Å². The van der Waals surface area contributed by atoms with Crippen LogP contribution in [0.5, 0.6) is 0 Å². The first-order chi connectivity index (χ1) is 17.4. The topological polar surface area (TPSA) is 96.2 Å². The Hall–Kier alpha value is -1.89. The molecular formula is C31H46O6. The molecule has 4 aliphatic carbocycles. The third-order valence-corrected chi connectivity index (χ3v) is 9.68. The second kappa shape index (κ2) is 10.7. The fourth-order valence-electron chi connectivity index (χ4n) is 7.36. The lowest BCUT2D eigenvalue weighted by molar-refractivity contribution is -0.0659. The maximum absolute atomic E-state index is 11.8. The van der Waals surface area contributed by atoms with Crippen molar-refractivity contribution in [2.24, 2.45) is 22.7 Å². The van der Waals surface area contributed by atoms with E-state index in [0.29, 0.717) is 24.7 Å². The van der Waals surface area contributed by atoms with Crippen LogP contribution in [-0.4, -0.2) is 52.0 Å². The summed E-state index contributed by atoms with van der Waals surface area (Å²) in [5, 5.41) is 31.2. The van der Waals surface area contributed by atoms with Crippen LogP contribution in [0.3, 0.4) is 0 Å². The normalized spacial score (nSPS) is 36.6. The molecule has 6 nitrogen and oxygen atoms in total. The monoisotopic (exact) mass is 514 g/mol. The first kappa shape index (κ1) is 28.1. The quantitative estimate of drug-likeness (QED) is 0.295. The van der Waals surface area contributed by atoms with Crippen LogP contribution in [0.4, 0.5) is 4.79 Å². The number of hydrogen-bond donors (Lipinski definition) is 3. The third-order valence-electron chi connectivity index (χ3n) is 9.68. The van der Waals surface area contributed by atoms with E-state index in [9.17, 15) is 20.1 Å². The Kier molecular flexibility index (Phi) is 8.14. The van der Waals surface area contributed by atoms with Crippen LogP contribution < -0.4 is 0 Å². The average molecular weight is 515 g/mol. The highest BCUT2D eigenvalue weighted by Gasteiger charge is 2.60. The summed E-state index contributed by atoms with van der Waals surface area (Å²) < 4.78 is 10.2. The number of fused-ring (bicyclic) bond motifs is 1. The molecule has 3 N–H and O–H groups in total. The predicted molar refractivity (Wildman–Crippen MR) is 144 cm³/mol. The van der Waals surface area contributed by atoms with E-state index in [4.69, 9.17) is 9.47 Å². The Morgan fingerprint density at radius 2 is 1.95 bits per heavy atom. The second-order valence-corrected chi connectivity index (χ2v) is 12.5. The maximum atomic E-state index is 11.8. The molecule has 0 amide bonds. The number of aliphatic hydroxyl groups excluding tert-OH is 3. The molecule has 0 aromatic carbocycles. The van der Waals surface area contributed by atoms with Crippen LogP contribution in [0.15, 0.2) is 47.6 Å². The van der Waals surface area contributed by atoms with Crippen LogP contribution in [0, 0.1) is 22.7 Å². The van der Waals surface area contributed by atoms with Crippen molar-refractivity contribution in [3.8, 4) is 0 Å². The van der Waals surface area contributed by atoms with Crippen LogP contribution in [0.1, 0.15) is 85.5 Å². The van der Waals surface area contributed by atoms with Crippen LogP contribution in [-0.2, 0) is 9.47 Å². The van der Waals surface area contributed by atoms with Gasteiger partial charge in [0.15, 0.2) is 0 Å². The second-order valence-electron chi connectivity index (χ2n) is 12.5.